The Hall–Kier alpha value is -3.54. The van der Waals surface area contributed by atoms with E-state index in [9.17, 15) is 19.8 Å². The highest BCUT2D eigenvalue weighted by Crippen LogP contribution is 2.29. The third-order valence-electron chi connectivity index (χ3n) is 5.60. The Labute approximate surface area is 207 Å². The molecule has 0 heterocycles. The van der Waals surface area contributed by atoms with Crippen LogP contribution < -0.4 is 9.47 Å². The quantitative estimate of drug-likeness (QED) is 0.228. The Morgan fingerprint density at radius 3 is 1.97 bits per heavy atom. The number of rotatable bonds is 15. The van der Waals surface area contributed by atoms with E-state index in [-0.39, 0.29) is 29.5 Å². The summed E-state index contributed by atoms with van der Waals surface area (Å²) in [5, 5.41) is 19.8. The molecule has 188 valence electrons. The molecule has 2 N–H and O–H groups in total. The molecule has 6 heteroatoms. The average Bonchev–Trinajstić information content (AvgIpc) is 2.85. The van der Waals surface area contributed by atoms with Crippen LogP contribution in [0, 0.1) is 5.92 Å². The monoisotopic (exact) mass is 480 g/mol. The first-order chi connectivity index (χ1) is 16.9. The second-order valence-electron chi connectivity index (χ2n) is 8.54. The molecular formula is C29H36O6. The zero-order valence-electron chi connectivity index (χ0n) is 20.8. The van der Waals surface area contributed by atoms with Crippen LogP contribution in [-0.2, 0) is 9.59 Å². The molecule has 0 fully saturated rings. The number of allylic oxidation sites excluding steroid dienone is 2. The molecule has 2 aromatic rings. The van der Waals surface area contributed by atoms with Gasteiger partial charge in [0.15, 0.2) is 34.6 Å². The van der Waals surface area contributed by atoms with E-state index < -0.39 is 0 Å². The minimum atomic E-state index is -0.338. The number of aromatic hydroxyl groups is 2. The van der Waals surface area contributed by atoms with E-state index in [1.165, 1.54) is 25.3 Å². The molecule has 6 nitrogen and oxygen atoms in total. The smallest absolute Gasteiger partial charge is 0.163 e. The number of phenols is 2. The topological polar surface area (TPSA) is 93.1 Å². The summed E-state index contributed by atoms with van der Waals surface area (Å²) in [7, 11) is 1.44. The number of ketones is 2. The first-order valence-corrected chi connectivity index (χ1v) is 12.1. The third-order valence-corrected chi connectivity index (χ3v) is 5.60. The standard InChI is InChI=1S/C29H36O6/c1-4-6-8-23(7-5-2)20-35-29-18-22(12-16-27(29)33)10-14-25(31)19-24(30)13-9-21-11-15-26(32)28(17-21)34-3/h9-18,23,32-33H,4-8,19-20H2,1-3H3/b13-9+,14-10+. The highest BCUT2D eigenvalue weighted by Gasteiger charge is 2.11. The fourth-order valence-electron chi connectivity index (χ4n) is 3.64. The van der Waals surface area contributed by atoms with Crippen molar-refractivity contribution < 1.29 is 29.3 Å². The lowest BCUT2D eigenvalue weighted by molar-refractivity contribution is -0.121. The van der Waals surface area contributed by atoms with Crippen molar-refractivity contribution in [2.24, 2.45) is 5.92 Å². The minimum absolute atomic E-state index is 0.0105. The van der Waals surface area contributed by atoms with Gasteiger partial charge in [-0.15, -0.1) is 0 Å². The van der Waals surface area contributed by atoms with Crippen molar-refractivity contribution in [3.05, 3.63) is 59.7 Å². The average molecular weight is 481 g/mol. The number of hydrogen-bond donors (Lipinski definition) is 2. The summed E-state index contributed by atoms with van der Waals surface area (Å²) in [4.78, 5) is 24.4. The van der Waals surface area contributed by atoms with Crippen LogP contribution in [0.1, 0.15) is 63.5 Å². The number of hydrogen-bond acceptors (Lipinski definition) is 6. The van der Waals surface area contributed by atoms with Crippen LogP contribution in [0.25, 0.3) is 12.2 Å². The van der Waals surface area contributed by atoms with Gasteiger partial charge in [-0.25, -0.2) is 0 Å². The highest BCUT2D eigenvalue weighted by atomic mass is 16.5. The first-order valence-electron chi connectivity index (χ1n) is 12.1. The van der Waals surface area contributed by atoms with Gasteiger partial charge in [0.2, 0.25) is 0 Å². The Balaban J connectivity index is 1.94. The summed E-state index contributed by atoms with van der Waals surface area (Å²) in [5.41, 5.74) is 1.37. The van der Waals surface area contributed by atoms with Crippen molar-refractivity contribution in [2.75, 3.05) is 13.7 Å². The maximum Gasteiger partial charge on any atom is 0.163 e. The molecule has 2 aromatic carbocycles. The maximum absolute atomic E-state index is 12.2. The summed E-state index contributed by atoms with van der Waals surface area (Å²) in [6.45, 7) is 4.87. The van der Waals surface area contributed by atoms with E-state index in [4.69, 9.17) is 9.47 Å². The molecular weight excluding hydrogens is 444 g/mol. The fourth-order valence-corrected chi connectivity index (χ4v) is 3.64. The largest absolute Gasteiger partial charge is 0.504 e. The summed E-state index contributed by atoms with van der Waals surface area (Å²) in [5.74, 6) is 0.540. The molecule has 1 atom stereocenters. The second-order valence-corrected chi connectivity index (χ2v) is 8.54. The van der Waals surface area contributed by atoms with Gasteiger partial charge in [0, 0.05) is 0 Å². The lowest BCUT2D eigenvalue weighted by atomic mass is 9.98. The Kier molecular flexibility index (Phi) is 11.6. The number of phenolic OH excluding ortho intramolecular Hbond substituents is 2. The van der Waals surface area contributed by atoms with Gasteiger partial charge in [0.25, 0.3) is 0 Å². The van der Waals surface area contributed by atoms with Crippen LogP contribution in [0.3, 0.4) is 0 Å². The predicted molar refractivity (Wildman–Crippen MR) is 139 cm³/mol. The fraction of sp³-hybridized carbons (Fsp3) is 0.379. The van der Waals surface area contributed by atoms with Gasteiger partial charge in [-0.1, -0.05) is 57.4 Å². The zero-order valence-corrected chi connectivity index (χ0v) is 20.8. The zero-order chi connectivity index (χ0) is 25.6. The molecule has 0 aliphatic heterocycles. The predicted octanol–water partition coefficient (Wildman–Crippen LogP) is 6.35. The number of benzene rings is 2. The molecule has 0 aliphatic rings. The number of carbonyl (C=O) groups excluding carboxylic acids is 2. The van der Waals surface area contributed by atoms with Gasteiger partial charge in [-0.3, -0.25) is 9.59 Å². The van der Waals surface area contributed by atoms with Crippen molar-refractivity contribution in [3.63, 3.8) is 0 Å². The van der Waals surface area contributed by atoms with E-state index in [1.54, 1.807) is 42.5 Å². The van der Waals surface area contributed by atoms with Gasteiger partial charge >= 0.3 is 0 Å². The molecule has 0 aromatic heterocycles. The van der Waals surface area contributed by atoms with E-state index in [0.29, 0.717) is 35.2 Å². The van der Waals surface area contributed by atoms with Crippen LogP contribution in [-0.4, -0.2) is 35.5 Å². The van der Waals surface area contributed by atoms with Gasteiger partial charge in [-0.2, -0.15) is 0 Å². The van der Waals surface area contributed by atoms with Crippen LogP contribution in [0.5, 0.6) is 23.0 Å². The Morgan fingerprint density at radius 1 is 0.857 bits per heavy atom. The Bertz CT molecular complexity index is 1040. The molecule has 2 rings (SSSR count). The molecule has 0 radical (unpaired) electrons. The van der Waals surface area contributed by atoms with Crippen molar-refractivity contribution in [2.45, 2.75) is 52.4 Å². The van der Waals surface area contributed by atoms with Crippen molar-refractivity contribution in [1.82, 2.24) is 0 Å². The molecule has 1 unspecified atom stereocenters. The van der Waals surface area contributed by atoms with E-state index in [2.05, 4.69) is 13.8 Å². The third kappa shape index (κ3) is 9.69. The van der Waals surface area contributed by atoms with Crippen molar-refractivity contribution in [3.8, 4) is 23.0 Å². The van der Waals surface area contributed by atoms with Crippen molar-refractivity contribution in [1.29, 1.82) is 0 Å². The molecule has 35 heavy (non-hydrogen) atoms. The van der Waals surface area contributed by atoms with Gasteiger partial charge < -0.3 is 19.7 Å². The molecule has 0 amide bonds. The molecule has 0 aliphatic carbocycles. The number of ether oxygens (including phenoxy) is 2. The summed E-state index contributed by atoms with van der Waals surface area (Å²) in [6.07, 6.45) is 11.2. The van der Waals surface area contributed by atoms with Gasteiger partial charge in [0.05, 0.1) is 20.1 Å². The van der Waals surface area contributed by atoms with Gasteiger partial charge in [-0.05, 0) is 66.3 Å². The van der Waals surface area contributed by atoms with E-state index >= 15 is 0 Å². The van der Waals surface area contributed by atoms with Crippen LogP contribution in [0.4, 0.5) is 0 Å². The maximum atomic E-state index is 12.2. The molecule has 0 saturated heterocycles. The van der Waals surface area contributed by atoms with Crippen LogP contribution >= 0.6 is 0 Å². The molecule has 0 bridgehead atoms. The lowest BCUT2D eigenvalue weighted by Crippen LogP contribution is -2.12. The second kappa shape index (κ2) is 14.7. The Morgan fingerprint density at radius 2 is 1.43 bits per heavy atom. The van der Waals surface area contributed by atoms with E-state index in [0.717, 1.165) is 32.1 Å². The molecule has 0 saturated carbocycles. The first kappa shape index (κ1) is 27.7. The normalized spacial score (nSPS) is 12.2. The highest BCUT2D eigenvalue weighted by molar-refractivity contribution is 6.10. The van der Waals surface area contributed by atoms with Gasteiger partial charge in [0.1, 0.15) is 0 Å². The molecule has 0 spiro atoms. The van der Waals surface area contributed by atoms with Crippen LogP contribution in [0.2, 0.25) is 0 Å². The SMILES string of the molecule is CCCCC(CCC)COc1cc(/C=C/C(=O)CC(=O)/C=C/c2ccc(O)c(OC)c2)ccc1O. The van der Waals surface area contributed by atoms with Crippen molar-refractivity contribution >= 4 is 23.7 Å². The number of carbonyl (C=O) groups is 2. The summed E-state index contributed by atoms with van der Waals surface area (Å²) in [6, 6.07) is 9.64. The number of unbranched alkanes of at least 4 members (excludes halogenated alkanes) is 1. The minimum Gasteiger partial charge on any atom is -0.504 e. The van der Waals surface area contributed by atoms with E-state index in [1.807, 2.05) is 0 Å². The number of methoxy groups -OCH3 is 1. The lowest BCUT2D eigenvalue weighted by Gasteiger charge is -2.17. The summed E-state index contributed by atoms with van der Waals surface area (Å²) >= 11 is 0. The van der Waals surface area contributed by atoms with Crippen LogP contribution in [0.15, 0.2) is 48.6 Å². The summed E-state index contributed by atoms with van der Waals surface area (Å²) < 4.78 is 10.9.